The second-order valence-corrected chi connectivity index (χ2v) is 3.72. The molecular weight excluding hydrogens is 221 g/mol. The van der Waals surface area contributed by atoms with Gasteiger partial charge < -0.3 is 14.8 Å². The summed E-state index contributed by atoms with van der Waals surface area (Å²) in [7, 11) is 1.83. The van der Waals surface area contributed by atoms with Gasteiger partial charge in [-0.3, -0.25) is 0 Å². The lowest BCUT2D eigenvalue weighted by Gasteiger charge is -2.08. The molecule has 0 spiro atoms. The molecule has 1 aromatic rings. The molecular formula is C13H20FNO2. The van der Waals surface area contributed by atoms with E-state index in [-0.39, 0.29) is 5.82 Å². The van der Waals surface area contributed by atoms with Crippen LogP contribution in [0.4, 0.5) is 4.39 Å². The number of ether oxygens (including phenoxy) is 2. The van der Waals surface area contributed by atoms with Crippen molar-refractivity contribution in [2.45, 2.75) is 19.9 Å². The van der Waals surface area contributed by atoms with E-state index in [4.69, 9.17) is 9.47 Å². The summed E-state index contributed by atoms with van der Waals surface area (Å²) in [5.74, 6) is 0.310. The fourth-order valence-electron chi connectivity index (χ4n) is 1.51. The van der Waals surface area contributed by atoms with E-state index in [0.717, 1.165) is 12.0 Å². The van der Waals surface area contributed by atoms with Crippen LogP contribution >= 0.6 is 0 Å². The lowest BCUT2D eigenvalue weighted by atomic mass is 10.2. The normalized spacial score (nSPS) is 10.5. The maximum Gasteiger partial charge on any atom is 0.127 e. The Morgan fingerprint density at radius 1 is 1.24 bits per heavy atom. The summed E-state index contributed by atoms with van der Waals surface area (Å²) in [5.41, 5.74) is 0.882. The Balaban J connectivity index is 2.41. The van der Waals surface area contributed by atoms with Crippen molar-refractivity contribution in [3.05, 3.63) is 29.6 Å². The summed E-state index contributed by atoms with van der Waals surface area (Å²) in [4.78, 5) is 0. The molecule has 0 heterocycles. The Morgan fingerprint density at radius 3 is 2.76 bits per heavy atom. The van der Waals surface area contributed by atoms with E-state index in [0.29, 0.717) is 32.1 Å². The summed E-state index contributed by atoms with van der Waals surface area (Å²) in [6.07, 6.45) is 0.811. The number of hydrogen-bond donors (Lipinski definition) is 1. The van der Waals surface area contributed by atoms with Crippen molar-refractivity contribution in [1.29, 1.82) is 0 Å². The highest BCUT2D eigenvalue weighted by molar-refractivity contribution is 5.29. The van der Waals surface area contributed by atoms with Crippen molar-refractivity contribution in [1.82, 2.24) is 5.32 Å². The first kappa shape index (κ1) is 13.9. The molecule has 0 saturated heterocycles. The molecule has 3 nitrogen and oxygen atoms in total. The van der Waals surface area contributed by atoms with E-state index in [1.54, 1.807) is 0 Å². The molecule has 0 aliphatic carbocycles. The molecule has 0 radical (unpaired) electrons. The molecule has 17 heavy (non-hydrogen) atoms. The lowest BCUT2D eigenvalue weighted by molar-refractivity contribution is 0.131. The lowest BCUT2D eigenvalue weighted by Crippen LogP contribution is -2.07. The molecule has 0 aliphatic heterocycles. The molecule has 1 rings (SSSR count). The van der Waals surface area contributed by atoms with Crippen LogP contribution in [-0.2, 0) is 11.3 Å². The first-order valence-corrected chi connectivity index (χ1v) is 5.91. The van der Waals surface area contributed by atoms with Crippen molar-refractivity contribution in [2.24, 2.45) is 0 Å². The van der Waals surface area contributed by atoms with Crippen molar-refractivity contribution in [3.8, 4) is 5.75 Å². The number of rotatable bonds is 8. The van der Waals surface area contributed by atoms with Crippen LogP contribution in [-0.4, -0.2) is 26.9 Å². The topological polar surface area (TPSA) is 30.5 Å². The second-order valence-electron chi connectivity index (χ2n) is 3.72. The van der Waals surface area contributed by atoms with Gasteiger partial charge in [-0.15, -0.1) is 0 Å². The van der Waals surface area contributed by atoms with Gasteiger partial charge >= 0.3 is 0 Å². The highest BCUT2D eigenvalue weighted by atomic mass is 19.1. The van der Waals surface area contributed by atoms with E-state index >= 15 is 0 Å². The minimum Gasteiger partial charge on any atom is -0.493 e. The van der Waals surface area contributed by atoms with Gasteiger partial charge in [0.05, 0.1) is 6.61 Å². The summed E-state index contributed by atoms with van der Waals surface area (Å²) < 4.78 is 23.9. The third-order valence-electron chi connectivity index (χ3n) is 2.22. The van der Waals surface area contributed by atoms with Crippen LogP contribution in [0.3, 0.4) is 0 Å². The quantitative estimate of drug-likeness (QED) is 0.709. The van der Waals surface area contributed by atoms with Crippen molar-refractivity contribution in [3.63, 3.8) is 0 Å². The average molecular weight is 241 g/mol. The van der Waals surface area contributed by atoms with Gasteiger partial charge in [0.1, 0.15) is 11.6 Å². The summed E-state index contributed by atoms with van der Waals surface area (Å²) >= 11 is 0. The van der Waals surface area contributed by atoms with Gasteiger partial charge in [-0.2, -0.15) is 0 Å². The molecule has 0 unspecified atom stereocenters. The molecule has 0 saturated carbocycles. The van der Waals surface area contributed by atoms with Gasteiger partial charge in [-0.1, -0.05) is 0 Å². The van der Waals surface area contributed by atoms with E-state index in [2.05, 4.69) is 5.32 Å². The molecule has 0 aromatic heterocycles. The predicted octanol–water partition coefficient (Wildman–Crippen LogP) is 2.35. The molecule has 4 heteroatoms. The van der Waals surface area contributed by atoms with Gasteiger partial charge in [0.2, 0.25) is 0 Å². The second kappa shape index (κ2) is 8.03. The van der Waals surface area contributed by atoms with Crippen LogP contribution in [0.1, 0.15) is 18.9 Å². The summed E-state index contributed by atoms with van der Waals surface area (Å²) in [5, 5.41) is 2.98. The molecule has 96 valence electrons. The summed E-state index contributed by atoms with van der Waals surface area (Å²) in [6.45, 7) is 4.52. The number of halogens is 1. The Labute approximate surface area is 102 Å². The predicted molar refractivity (Wildman–Crippen MR) is 65.8 cm³/mol. The van der Waals surface area contributed by atoms with Crippen molar-refractivity contribution >= 4 is 0 Å². The van der Waals surface area contributed by atoms with E-state index < -0.39 is 0 Å². The Bertz CT molecular complexity index is 331. The van der Waals surface area contributed by atoms with Crippen LogP contribution in [0.2, 0.25) is 0 Å². The van der Waals surface area contributed by atoms with E-state index in [1.165, 1.54) is 12.1 Å². The molecule has 1 N–H and O–H groups in total. The van der Waals surface area contributed by atoms with Crippen LogP contribution in [0.5, 0.6) is 5.75 Å². The zero-order chi connectivity index (χ0) is 12.5. The Morgan fingerprint density at radius 2 is 2.06 bits per heavy atom. The highest BCUT2D eigenvalue weighted by Crippen LogP contribution is 2.16. The SMILES string of the molecule is CCOCCCOc1cc(F)cc(CNC)c1. The fourth-order valence-corrected chi connectivity index (χ4v) is 1.51. The van der Waals surface area contributed by atoms with Crippen LogP contribution < -0.4 is 10.1 Å². The van der Waals surface area contributed by atoms with Crippen molar-refractivity contribution < 1.29 is 13.9 Å². The number of nitrogens with one attached hydrogen (secondary N) is 1. The minimum absolute atomic E-state index is 0.266. The largest absolute Gasteiger partial charge is 0.493 e. The zero-order valence-corrected chi connectivity index (χ0v) is 10.5. The summed E-state index contributed by atoms with van der Waals surface area (Å²) in [6, 6.07) is 4.75. The number of hydrogen-bond acceptors (Lipinski definition) is 3. The fraction of sp³-hybridized carbons (Fsp3) is 0.538. The maximum absolute atomic E-state index is 13.2. The third-order valence-corrected chi connectivity index (χ3v) is 2.22. The van der Waals surface area contributed by atoms with Crippen LogP contribution in [0.15, 0.2) is 18.2 Å². The first-order valence-electron chi connectivity index (χ1n) is 5.91. The molecule has 0 fully saturated rings. The highest BCUT2D eigenvalue weighted by Gasteiger charge is 2.01. The van der Waals surface area contributed by atoms with Gasteiger partial charge in [-0.05, 0) is 31.7 Å². The van der Waals surface area contributed by atoms with Gasteiger partial charge in [0, 0.05) is 32.2 Å². The Kier molecular flexibility index (Phi) is 6.58. The average Bonchev–Trinajstić information content (AvgIpc) is 2.28. The third kappa shape index (κ3) is 5.65. The Hall–Kier alpha value is -1.13. The van der Waals surface area contributed by atoms with Gasteiger partial charge in [0.25, 0.3) is 0 Å². The molecule has 1 aromatic carbocycles. The molecule has 0 aliphatic rings. The van der Waals surface area contributed by atoms with Crippen molar-refractivity contribution in [2.75, 3.05) is 26.9 Å². The smallest absolute Gasteiger partial charge is 0.127 e. The zero-order valence-electron chi connectivity index (χ0n) is 10.5. The van der Waals surface area contributed by atoms with Gasteiger partial charge in [-0.25, -0.2) is 4.39 Å². The van der Waals surface area contributed by atoms with Gasteiger partial charge in [0.15, 0.2) is 0 Å². The number of benzene rings is 1. The minimum atomic E-state index is -0.266. The first-order chi connectivity index (χ1) is 8.26. The van der Waals surface area contributed by atoms with E-state index in [1.807, 2.05) is 20.0 Å². The maximum atomic E-state index is 13.2. The standard InChI is InChI=1S/C13H20FNO2/c1-3-16-5-4-6-17-13-8-11(10-15-2)7-12(14)9-13/h7-9,15H,3-6,10H2,1-2H3. The molecule has 0 atom stereocenters. The van der Waals surface area contributed by atoms with Crippen LogP contribution in [0, 0.1) is 5.82 Å². The molecule has 0 bridgehead atoms. The molecule has 0 amide bonds. The van der Waals surface area contributed by atoms with Crippen LogP contribution in [0.25, 0.3) is 0 Å². The monoisotopic (exact) mass is 241 g/mol. The van der Waals surface area contributed by atoms with E-state index in [9.17, 15) is 4.39 Å².